The molecule has 1 aromatic carbocycles. The number of rotatable bonds is 4. The van der Waals surface area contributed by atoms with Gasteiger partial charge in [-0.1, -0.05) is 0 Å². The van der Waals surface area contributed by atoms with Crippen LogP contribution in [0.25, 0.3) is 0 Å². The van der Waals surface area contributed by atoms with Gasteiger partial charge in [-0.3, -0.25) is 4.79 Å². The summed E-state index contributed by atoms with van der Waals surface area (Å²) in [4.78, 5) is 11.9. The summed E-state index contributed by atoms with van der Waals surface area (Å²) >= 11 is 3.07. The predicted molar refractivity (Wildman–Crippen MR) is 74.6 cm³/mol. The summed E-state index contributed by atoms with van der Waals surface area (Å²) in [5.74, 6) is -0.552. The first-order valence-corrected chi connectivity index (χ1v) is 7.31. The molecule has 3 nitrogen and oxygen atoms in total. The summed E-state index contributed by atoms with van der Waals surface area (Å²) in [5, 5.41) is 2.83. The van der Waals surface area contributed by atoms with Gasteiger partial charge in [0.2, 0.25) is 0 Å². The van der Waals surface area contributed by atoms with Crippen LogP contribution < -0.4 is 5.32 Å². The Hall–Kier alpha value is -0.940. The van der Waals surface area contributed by atoms with Gasteiger partial charge in [0.1, 0.15) is 5.82 Å². The van der Waals surface area contributed by atoms with E-state index in [1.165, 1.54) is 24.6 Å². The van der Waals surface area contributed by atoms with Crippen LogP contribution in [0.4, 0.5) is 4.39 Å². The number of hydrogen-bond acceptors (Lipinski definition) is 2. The third-order valence-electron chi connectivity index (χ3n) is 3.21. The molecule has 0 radical (unpaired) electrons. The fourth-order valence-corrected chi connectivity index (χ4v) is 2.50. The van der Waals surface area contributed by atoms with E-state index in [0.717, 1.165) is 25.9 Å². The van der Waals surface area contributed by atoms with E-state index in [2.05, 4.69) is 21.2 Å². The highest BCUT2D eigenvalue weighted by atomic mass is 79.9. The monoisotopic (exact) mass is 329 g/mol. The molecule has 1 N–H and O–H groups in total. The van der Waals surface area contributed by atoms with Gasteiger partial charge in [-0.2, -0.15) is 0 Å². The molecule has 1 fully saturated rings. The number of nitrogens with one attached hydrogen (secondary N) is 1. The second-order valence-corrected chi connectivity index (χ2v) is 5.52. The van der Waals surface area contributed by atoms with Crippen LogP contribution >= 0.6 is 15.9 Å². The van der Waals surface area contributed by atoms with Crippen LogP contribution in [0.2, 0.25) is 0 Å². The van der Waals surface area contributed by atoms with Crippen LogP contribution in [0.5, 0.6) is 0 Å². The lowest BCUT2D eigenvalue weighted by Gasteiger charge is -2.22. The Balaban J connectivity index is 1.78. The standard InChI is InChI=1S/C14H17BrFNO2/c15-12-9-10(4-5-13(12)16)14(18)17-7-6-11-3-1-2-8-19-11/h4-5,9,11H,1-3,6-8H2,(H,17,18). The number of carbonyl (C=O) groups is 1. The Morgan fingerprint density at radius 3 is 3.00 bits per heavy atom. The maximum atomic E-state index is 13.1. The molecule has 0 aliphatic carbocycles. The van der Waals surface area contributed by atoms with Gasteiger partial charge in [-0.15, -0.1) is 0 Å². The van der Waals surface area contributed by atoms with Gasteiger partial charge in [0.05, 0.1) is 10.6 Å². The Morgan fingerprint density at radius 1 is 1.47 bits per heavy atom. The average Bonchev–Trinajstić information content (AvgIpc) is 2.43. The van der Waals surface area contributed by atoms with E-state index in [1.807, 2.05) is 0 Å². The fraction of sp³-hybridized carbons (Fsp3) is 0.500. The van der Waals surface area contributed by atoms with Gasteiger partial charge >= 0.3 is 0 Å². The Morgan fingerprint density at radius 2 is 2.32 bits per heavy atom. The van der Waals surface area contributed by atoms with Gasteiger partial charge in [0, 0.05) is 18.7 Å². The molecular weight excluding hydrogens is 313 g/mol. The minimum absolute atomic E-state index is 0.184. The molecule has 1 aromatic rings. The Kier molecular flexibility index (Phi) is 5.34. The molecule has 1 atom stereocenters. The molecule has 1 saturated heterocycles. The van der Waals surface area contributed by atoms with Crippen molar-refractivity contribution in [3.63, 3.8) is 0 Å². The third-order valence-corrected chi connectivity index (χ3v) is 3.82. The first-order chi connectivity index (χ1) is 9.16. The highest BCUT2D eigenvalue weighted by molar-refractivity contribution is 9.10. The molecule has 5 heteroatoms. The molecule has 104 valence electrons. The summed E-state index contributed by atoms with van der Waals surface area (Å²) < 4.78 is 19.0. The molecule has 1 aliphatic heterocycles. The van der Waals surface area contributed by atoms with Gasteiger partial charge in [0.15, 0.2) is 0 Å². The van der Waals surface area contributed by atoms with E-state index >= 15 is 0 Å². The molecule has 1 heterocycles. The van der Waals surface area contributed by atoms with Crippen LogP contribution in [-0.2, 0) is 4.74 Å². The maximum absolute atomic E-state index is 13.1. The molecular formula is C14H17BrFNO2. The normalized spacial score (nSPS) is 19.2. The zero-order valence-corrected chi connectivity index (χ0v) is 12.2. The molecule has 1 aliphatic rings. The van der Waals surface area contributed by atoms with Crippen molar-refractivity contribution >= 4 is 21.8 Å². The van der Waals surface area contributed by atoms with E-state index in [-0.39, 0.29) is 17.8 Å². The molecule has 0 saturated carbocycles. The lowest BCUT2D eigenvalue weighted by molar-refractivity contribution is 0.0117. The molecule has 0 bridgehead atoms. The molecule has 1 amide bonds. The smallest absolute Gasteiger partial charge is 0.251 e. The summed E-state index contributed by atoms with van der Waals surface area (Å²) in [5.41, 5.74) is 0.456. The first-order valence-electron chi connectivity index (χ1n) is 6.51. The van der Waals surface area contributed by atoms with E-state index in [4.69, 9.17) is 4.74 Å². The van der Waals surface area contributed by atoms with Crippen molar-refractivity contribution in [1.82, 2.24) is 5.32 Å². The number of benzene rings is 1. The second kappa shape index (κ2) is 7.01. The fourth-order valence-electron chi connectivity index (χ4n) is 2.12. The van der Waals surface area contributed by atoms with E-state index in [0.29, 0.717) is 16.6 Å². The zero-order valence-electron chi connectivity index (χ0n) is 10.6. The highest BCUT2D eigenvalue weighted by Crippen LogP contribution is 2.17. The topological polar surface area (TPSA) is 38.3 Å². The summed E-state index contributed by atoms with van der Waals surface area (Å²) in [7, 11) is 0. The van der Waals surface area contributed by atoms with Crippen molar-refractivity contribution < 1.29 is 13.9 Å². The van der Waals surface area contributed by atoms with Gasteiger partial charge < -0.3 is 10.1 Å². The second-order valence-electron chi connectivity index (χ2n) is 4.66. The number of ether oxygens (including phenoxy) is 1. The predicted octanol–water partition coefficient (Wildman–Crippen LogP) is 3.28. The van der Waals surface area contributed by atoms with Gasteiger partial charge in [-0.25, -0.2) is 4.39 Å². The molecule has 19 heavy (non-hydrogen) atoms. The molecule has 1 unspecified atom stereocenters. The lowest BCUT2D eigenvalue weighted by atomic mass is 10.1. The van der Waals surface area contributed by atoms with E-state index in [1.54, 1.807) is 0 Å². The maximum Gasteiger partial charge on any atom is 0.251 e. The third kappa shape index (κ3) is 4.28. The lowest BCUT2D eigenvalue weighted by Crippen LogP contribution is -2.29. The largest absolute Gasteiger partial charge is 0.378 e. The number of carbonyl (C=O) groups excluding carboxylic acids is 1. The Labute approximate surface area is 120 Å². The van der Waals surface area contributed by atoms with Gasteiger partial charge in [0.25, 0.3) is 5.91 Å². The van der Waals surface area contributed by atoms with Crippen LogP contribution in [0, 0.1) is 5.82 Å². The van der Waals surface area contributed by atoms with Crippen LogP contribution in [0.3, 0.4) is 0 Å². The van der Waals surface area contributed by atoms with E-state index < -0.39 is 0 Å². The quantitative estimate of drug-likeness (QED) is 0.920. The van der Waals surface area contributed by atoms with Gasteiger partial charge in [-0.05, 0) is 59.8 Å². The summed E-state index contributed by atoms with van der Waals surface area (Å²) in [6, 6.07) is 4.25. The molecule has 0 spiro atoms. The number of amides is 1. The van der Waals surface area contributed by atoms with Crippen molar-refractivity contribution in [2.45, 2.75) is 31.8 Å². The number of hydrogen-bond donors (Lipinski definition) is 1. The molecule has 0 aromatic heterocycles. The van der Waals surface area contributed by atoms with Crippen molar-refractivity contribution in [3.05, 3.63) is 34.1 Å². The van der Waals surface area contributed by atoms with E-state index in [9.17, 15) is 9.18 Å². The minimum atomic E-state index is -0.368. The summed E-state index contributed by atoms with van der Waals surface area (Å²) in [6.45, 7) is 1.40. The van der Waals surface area contributed by atoms with Crippen molar-refractivity contribution in [2.75, 3.05) is 13.2 Å². The number of halogens is 2. The van der Waals surface area contributed by atoms with Crippen LogP contribution in [0.1, 0.15) is 36.0 Å². The Bertz CT molecular complexity index is 447. The minimum Gasteiger partial charge on any atom is -0.378 e. The summed E-state index contributed by atoms with van der Waals surface area (Å²) in [6.07, 6.45) is 4.48. The molecule has 2 rings (SSSR count). The average molecular weight is 330 g/mol. The van der Waals surface area contributed by atoms with Crippen molar-refractivity contribution in [2.24, 2.45) is 0 Å². The zero-order chi connectivity index (χ0) is 13.7. The highest BCUT2D eigenvalue weighted by Gasteiger charge is 2.14. The van der Waals surface area contributed by atoms with Crippen molar-refractivity contribution in [1.29, 1.82) is 0 Å². The SMILES string of the molecule is O=C(NCCC1CCCCO1)c1ccc(F)c(Br)c1. The van der Waals surface area contributed by atoms with Crippen LogP contribution in [-0.4, -0.2) is 25.2 Å². The first kappa shape index (κ1) is 14.5. The van der Waals surface area contributed by atoms with Crippen molar-refractivity contribution in [3.8, 4) is 0 Å². The van der Waals surface area contributed by atoms with Crippen LogP contribution in [0.15, 0.2) is 22.7 Å².